The number of para-hydroxylation sites is 3. The van der Waals surface area contributed by atoms with Crippen molar-refractivity contribution in [1.82, 2.24) is 13.7 Å². The first-order valence-electron chi connectivity index (χ1n) is 22.1. The van der Waals surface area contributed by atoms with Crippen molar-refractivity contribution in [1.29, 1.82) is 0 Å². The summed E-state index contributed by atoms with van der Waals surface area (Å²) in [6, 6.07) is 82.5. The Hall–Kier alpha value is -7.96. The molecule has 5 heteroatoms. The van der Waals surface area contributed by atoms with Crippen LogP contribution >= 0.6 is 22.7 Å². The maximum Gasteiger partial charge on any atom is 0.0711 e. The molecule has 14 aromatic rings. The van der Waals surface area contributed by atoms with E-state index in [0.29, 0.717) is 0 Å². The minimum absolute atomic E-state index is 1.15. The van der Waals surface area contributed by atoms with Crippen LogP contribution in [-0.4, -0.2) is 13.7 Å². The Morgan fingerprint density at radius 3 is 1.20 bits per heavy atom. The van der Waals surface area contributed by atoms with Gasteiger partial charge in [-0.1, -0.05) is 133 Å². The summed E-state index contributed by atoms with van der Waals surface area (Å²) in [7, 11) is 0. The number of hydrogen-bond donors (Lipinski definition) is 0. The topological polar surface area (TPSA) is 14.8 Å². The van der Waals surface area contributed by atoms with Crippen molar-refractivity contribution in [3.63, 3.8) is 0 Å². The van der Waals surface area contributed by atoms with Crippen molar-refractivity contribution in [3.05, 3.63) is 224 Å². The van der Waals surface area contributed by atoms with E-state index in [2.05, 4.69) is 238 Å². The molecule has 14 rings (SSSR count). The zero-order valence-electron chi connectivity index (χ0n) is 35.0. The zero-order valence-corrected chi connectivity index (χ0v) is 36.7. The van der Waals surface area contributed by atoms with Crippen LogP contribution in [0.4, 0.5) is 0 Å². The van der Waals surface area contributed by atoms with Crippen LogP contribution < -0.4 is 0 Å². The third-order valence-corrected chi connectivity index (χ3v) is 15.7. The molecule has 0 atom stereocenters. The molecule has 0 unspecified atom stereocenters. The predicted molar refractivity (Wildman–Crippen MR) is 279 cm³/mol. The molecule has 0 aliphatic heterocycles. The van der Waals surface area contributed by atoms with E-state index in [1.165, 1.54) is 113 Å². The number of thiophene rings is 2. The van der Waals surface area contributed by atoms with Gasteiger partial charge in [0, 0.05) is 48.4 Å². The number of benzene rings is 9. The minimum Gasteiger partial charge on any atom is -0.309 e. The molecule has 0 spiro atoms. The second-order valence-electron chi connectivity index (χ2n) is 16.9. The van der Waals surface area contributed by atoms with Crippen LogP contribution in [0.5, 0.6) is 0 Å². The summed E-state index contributed by atoms with van der Waals surface area (Å²) in [6.45, 7) is 0. The smallest absolute Gasteiger partial charge is 0.0711 e. The molecular formula is C60H37N3S2. The predicted octanol–water partition coefficient (Wildman–Crippen LogP) is 17.3. The number of rotatable bonds is 6. The Bertz CT molecular complexity index is 4150. The molecule has 5 heterocycles. The molecule has 3 nitrogen and oxygen atoms in total. The molecule has 304 valence electrons. The number of fused-ring (bicyclic) bond motifs is 10. The molecule has 65 heavy (non-hydrogen) atoms. The lowest BCUT2D eigenvalue weighted by Gasteiger charge is -2.09. The van der Waals surface area contributed by atoms with E-state index in [9.17, 15) is 0 Å². The largest absolute Gasteiger partial charge is 0.309 e. The molecule has 0 radical (unpaired) electrons. The quantitative estimate of drug-likeness (QED) is 0.158. The van der Waals surface area contributed by atoms with Crippen LogP contribution in [0.3, 0.4) is 0 Å². The molecule has 9 aromatic carbocycles. The van der Waals surface area contributed by atoms with Crippen molar-refractivity contribution >= 4 is 97.5 Å². The van der Waals surface area contributed by atoms with Crippen molar-refractivity contribution in [2.75, 3.05) is 0 Å². The van der Waals surface area contributed by atoms with Crippen molar-refractivity contribution in [3.8, 4) is 49.1 Å². The first kappa shape index (κ1) is 36.5. The Morgan fingerprint density at radius 1 is 0.246 bits per heavy atom. The second kappa shape index (κ2) is 14.3. The van der Waals surface area contributed by atoms with Gasteiger partial charge in [0.1, 0.15) is 0 Å². The van der Waals surface area contributed by atoms with Gasteiger partial charge in [0.15, 0.2) is 0 Å². The molecule has 0 aliphatic carbocycles. The van der Waals surface area contributed by atoms with Crippen LogP contribution in [0, 0.1) is 0 Å². The van der Waals surface area contributed by atoms with E-state index >= 15 is 0 Å². The zero-order chi connectivity index (χ0) is 42.6. The Labute approximate surface area is 382 Å². The highest BCUT2D eigenvalue weighted by atomic mass is 32.1. The van der Waals surface area contributed by atoms with Gasteiger partial charge in [0.05, 0.1) is 42.5 Å². The van der Waals surface area contributed by atoms with E-state index in [1.54, 1.807) is 0 Å². The number of nitrogens with zero attached hydrogens (tertiary/aromatic N) is 3. The average molecular weight is 864 g/mol. The summed E-state index contributed by atoms with van der Waals surface area (Å²) in [5.74, 6) is 0. The molecule has 0 aliphatic rings. The minimum atomic E-state index is 1.15. The maximum atomic E-state index is 2.46. The highest BCUT2D eigenvalue weighted by Gasteiger charge is 2.23. The lowest BCUT2D eigenvalue weighted by atomic mass is 9.99. The summed E-state index contributed by atoms with van der Waals surface area (Å²) in [5, 5.41) is 7.44. The van der Waals surface area contributed by atoms with E-state index < -0.39 is 0 Å². The van der Waals surface area contributed by atoms with Gasteiger partial charge >= 0.3 is 0 Å². The van der Waals surface area contributed by atoms with Gasteiger partial charge < -0.3 is 13.7 Å². The lowest BCUT2D eigenvalue weighted by molar-refractivity contribution is 1.17. The van der Waals surface area contributed by atoms with Gasteiger partial charge in [-0.15, -0.1) is 22.7 Å². The summed E-state index contributed by atoms with van der Waals surface area (Å²) < 4.78 is 10.0. The Kier molecular flexibility index (Phi) is 8.02. The molecular weight excluding hydrogens is 827 g/mol. The fourth-order valence-electron chi connectivity index (χ4n) is 10.2. The normalized spacial score (nSPS) is 12.0. The van der Waals surface area contributed by atoms with E-state index in [4.69, 9.17) is 0 Å². The Morgan fingerprint density at radius 2 is 0.646 bits per heavy atom. The fourth-order valence-corrected chi connectivity index (χ4v) is 12.7. The fraction of sp³-hybridized carbons (Fsp3) is 0. The lowest BCUT2D eigenvalue weighted by Crippen LogP contribution is -1.94. The van der Waals surface area contributed by atoms with E-state index in [-0.39, 0.29) is 0 Å². The molecule has 0 bridgehead atoms. The molecule has 0 N–H and O–H groups in total. The van der Waals surface area contributed by atoms with Gasteiger partial charge in [-0.3, -0.25) is 0 Å². The van der Waals surface area contributed by atoms with Crippen molar-refractivity contribution in [2.24, 2.45) is 0 Å². The van der Waals surface area contributed by atoms with Crippen LogP contribution in [0.2, 0.25) is 0 Å². The van der Waals surface area contributed by atoms with E-state index in [0.717, 1.165) is 11.4 Å². The third-order valence-electron chi connectivity index (χ3n) is 13.2. The van der Waals surface area contributed by atoms with Gasteiger partial charge in [0.25, 0.3) is 0 Å². The second-order valence-corrected chi connectivity index (χ2v) is 19.0. The molecule has 0 saturated heterocycles. The molecule has 0 fully saturated rings. The van der Waals surface area contributed by atoms with E-state index in [1.807, 2.05) is 22.7 Å². The summed E-state index contributed by atoms with van der Waals surface area (Å²) in [4.78, 5) is 2.55. The third kappa shape index (κ3) is 5.66. The SMILES string of the molecule is c1ccc(-c2cc3c(s2)c2sc(-c4ccc5c(c4)c4cc6c(cc4n5-c4ccccc4)c4cc(-c5ccc7ccccc7c5)ccc4n6-c4ccccc4)cc2n3-c2ccccc2)cc1. The van der Waals surface area contributed by atoms with Crippen LogP contribution in [0.25, 0.3) is 124 Å². The van der Waals surface area contributed by atoms with Crippen LogP contribution in [0.15, 0.2) is 224 Å². The van der Waals surface area contributed by atoms with Gasteiger partial charge in [0.2, 0.25) is 0 Å². The summed E-state index contributed by atoms with van der Waals surface area (Å²) in [6.07, 6.45) is 0. The number of aromatic nitrogens is 3. The first-order valence-corrected chi connectivity index (χ1v) is 23.7. The van der Waals surface area contributed by atoms with Crippen LogP contribution in [-0.2, 0) is 0 Å². The maximum absolute atomic E-state index is 2.46. The van der Waals surface area contributed by atoms with Gasteiger partial charge in [-0.05, 0) is 124 Å². The Balaban J connectivity index is 1.01. The molecule has 0 amide bonds. The standard InChI is InChI=1S/C60H37N3S2/c1-5-16-39(17-6-1)57-36-55-59(64-57)60-56(63(55)46-23-11-4-12-24-46)37-58(65-60)43-28-30-52-48(33-43)50-35-53-49(34-54(50)62(52)45-21-9-3-10-22-45)47-32-42(41-26-25-38-15-13-14-18-40(38)31-41)27-29-51(47)61(53)44-19-7-2-8-20-44/h1-37H. The first-order chi connectivity index (χ1) is 32.2. The number of hydrogen-bond acceptors (Lipinski definition) is 2. The van der Waals surface area contributed by atoms with Crippen molar-refractivity contribution in [2.45, 2.75) is 0 Å². The monoisotopic (exact) mass is 863 g/mol. The average Bonchev–Trinajstić information content (AvgIpc) is 4.19. The van der Waals surface area contributed by atoms with Crippen molar-refractivity contribution < 1.29 is 0 Å². The van der Waals surface area contributed by atoms with Gasteiger partial charge in [-0.2, -0.15) is 0 Å². The van der Waals surface area contributed by atoms with Gasteiger partial charge in [-0.25, -0.2) is 0 Å². The summed E-state index contributed by atoms with van der Waals surface area (Å²) >= 11 is 3.80. The highest BCUT2D eigenvalue weighted by Crippen LogP contribution is 2.48. The molecule has 0 saturated carbocycles. The highest BCUT2D eigenvalue weighted by molar-refractivity contribution is 7.30. The summed E-state index contributed by atoms with van der Waals surface area (Å²) in [5.41, 5.74) is 15.7. The molecule has 5 aromatic heterocycles. The van der Waals surface area contributed by atoms with Crippen LogP contribution in [0.1, 0.15) is 0 Å².